The molecule has 5 nitrogen and oxygen atoms in total. The fourth-order valence-electron chi connectivity index (χ4n) is 3.90. The van der Waals surface area contributed by atoms with E-state index in [4.69, 9.17) is 4.42 Å². The molecule has 0 aliphatic carbocycles. The highest BCUT2D eigenvalue weighted by atomic mass is 16.3. The van der Waals surface area contributed by atoms with Crippen LogP contribution < -0.4 is 0 Å². The van der Waals surface area contributed by atoms with Crippen LogP contribution in [0.1, 0.15) is 63.0 Å². The lowest BCUT2D eigenvalue weighted by atomic mass is 9.84. The number of nitrogens with zero attached hydrogens (tertiary/aromatic N) is 3. The lowest BCUT2D eigenvalue weighted by molar-refractivity contribution is -0.117. The molecule has 5 heteroatoms. The van der Waals surface area contributed by atoms with E-state index in [0.717, 1.165) is 27.9 Å². The number of rotatable bonds is 6. The molecule has 4 rings (SSSR count). The molecule has 2 unspecified atom stereocenters. The van der Waals surface area contributed by atoms with Gasteiger partial charge in [0.1, 0.15) is 23.1 Å². The predicted octanol–water partition coefficient (Wildman–Crippen LogP) is 5.67. The molecule has 0 saturated heterocycles. The molecule has 2 heterocycles. The van der Waals surface area contributed by atoms with Crippen molar-refractivity contribution in [3.05, 3.63) is 83.8 Å². The largest absolute Gasteiger partial charge is 0.467 e. The molecular formula is C25H27N3O2. The Morgan fingerprint density at radius 1 is 1.07 bits per heavy atom. The van der Waals surface area contributed by atoms with Crippen LogP contribution in [0.25, 0.3) is 11.0 Å². The minimum Gasteiger partial charge on any atom is -0.467 e. The van der Waals surface area contributed by atoms with Crippen LogP contribution in [0.2, 0.25) is 0 Å². The maximum Gasteiger partial charge on any atom is 0.130 e. The second-order valence-electron chi connectivity index (χ2n) is 8.88. The quantitative estimate of drug-likeness (QED) is 0.417. The first-order valence-electron chi connectivity index (χ1n) is 10.3. The molecular weight excluding hydrogens is 374 g/mol. The molecule has 154 valence electrons. The first-order valence-corrected chi connectivity index (χ1v) is 10.3. The third-order valence-corrected chi connectivity index (χ3v) is 5.53. The van der Waals surface area contributed by atoms with Crippen molar-refractivity contribution < 1.29 is 9.21 Å². The van der Waals surface area contributed by atoms with Gasteiger partial charge in [0.25, 0.3) is 0 Å². The van der Waals surface area contributed by atoms with E-state index >= 15 is 0 Å². The summed E-state index contributed by atoms with van der Waals surface area (Å²) in [7, 11) is 0. The fourth-order valence-corrected chi connectivity index (χ4v) is 3.90. The molecule has 0 bridgehead atoms. The second kappa shape index (κ2) is 7.90. The van der Waals surface area contributed by atoms with Gasteiger partial charge in [-0.2, -0.15) is 0 Å². The SMILES string of the molecule is CC(=O)CC(c1ccccc1)C(c1cc(C(C)(C)C)co1)n1nnc2ccccc21. The Morgan fingerprint density at radius 2 is 1.77 bits per heavy atom. The zero-order chi connectivity index (χ0) is 21.3. The summed E-state index contributed by atoms with van der Waals surface area (Å²) in [5.74, 6) is 0.777. The van der Waals surface area contributed by atoms with E-state index in [-0.39, 0.29) is 23.2 Å². The summed E-state index contributed by atoms with van der Waals surface area (Å²) in [6.45, 7) is 8.11. The lowest BCUT2D eigenvalue weighted by Gasteiger charge is -2.26. The molecule has 30 heavy (non-hydrogen) atoms. The van der Waals surface area contributed by atoms with E-state index in [0.29, 0.717) is 6.42 Å². The van der Waals surface area contributed by atoms with Gasteiger partial charge >= 0.3 is 0 Å². The van der Waals surface area contributed by atoms with Crippen LogP contribution >= 0.6 is 0 Å². The van der Waals surface area contributed by atoms with Crippen molar-refractivity contribution >= 4 is 16.8 Å². The summed E-state index contributed by atoms with van der Waals surface area (Å²) in [5, 5.41) is 8.85. The molecule has 4 aromatic rings. The number of carbonyl (C=O) groups is 1. The van der Waals surface area contributed by atoms with Gasteiger partial charge in [0.15, 0.2) is 0 Å². The summed E-state index contributed by atoms with van der Waals surface area (Å²) in [4.78, 5) is 12.3. The van der Waals surface area contributed by atoms with Crippen LogP contribution in [0.3, 0.4) is 0 Å². The molecule has 0 N–H and O–H groups in total. The predicted molar refractivity (Wildman–Crippen MR) is 118 cm³/mol. The minimum absolute atomic E-state index is 0.0421. The van der Waals surface area contributed by atoms with Gasteiger partial charge in [-0.05, 0) is 41.7 Å². The molecule has 0 radical (unpaired) electrons. The fraction of sp³-hybridized carbons (Fsp3) is 0.320. The summed E-state index contributed by atoms with van der Waals surface area (Å²) in [5.41, 5.74) is 3.88. The molecule has 2 atom stereocenters. The standard InChI is InChI=1S/C25H27N3O2/c1-17(29)14-20(18-10-6-5-7-11-18)24(23-15-19(16-30-23)25(2,3)4)28-22-13-9-8-12-21(22)26-27-28/h5-13,15-16,20,24H,14H2,1-4H3. The van der Waals surface area contributed by atoms with Crippen LogP contribution in [-0.2, 0) is 10.2 Å². The van der Waals surface area contributed by atoms with Crippen LogP contribution in [0.15, 0.2) is 71.3 Å². The van der Waals surface area contributed by atoms with E-state index in [1.54, 1.807) is 6.92 Å². The number of ketones is 1. The Balaban J connectivity index is 1.92. The van der Waals surface area contributed by atoms with Crippen molar-refractivity contribution in [2.45, 2.75) is 51.5 Å². The first kappa shape index (κ1) is 20.1. The van der Waals surface area contributed by atoms with Gasteiger partial charge in [0.2, 0.25) is 0 Å². The maximum absolute atomic E-state index is 12.3. The number of furan rings is 1. The van der Waals surface area contributed by atoms with E-state index in [2.05, 4.69) is 49.3 Å². The van der Waals surface area contributed by atoms with Crippen LogP contribution in [0.4, 0.5) is 0 Å². The summed E-state index contributed by atoms with van der Waals surface area (Å²) >= 11 is 0. The van der Waals surface area contributed by atoms with Crippen molar-refractivity contribution in [2.24, 2.45) is 0 Å². The van der Waals surface area contributed by atoms with Crippen molar-refractivity contribution in [2.75, 3.05) is 0 Å². The molecule has 0 spiro atoms. The molecule has 0 amide bonds. The second-order valence-corrected chi connectivity index (χ2v) is 8.88. The average molecular weight is 402 g/mol. The van der Waals surface area contributed by atoms with Gasteiger partial charge in [-0.15, -0.1) is 5.10 Å². The number of hydrogen-bond acceptors (Lipinski definition) is 4. The third kappa shape index (κ3) is 3.92. The first-order chi connectivity index (χ1) is 14.3. The maximum atomic E-state index is 12.3. The van der Waals surface area contributed by atoms with Gasteiger partial charge in [-0.1, -0.05) is 68.4 Å². The van der Waals surface area contributed by atoms with Crippen molar-refractivity contribution in [3.8, 4) is 0 Å². The van der Waals surface area contributed by atoms with Crippen molar-refractivity contribution in [1.82, 2.24) is 15.0 Å². The third-order valence-electron chi connectivity index (χ3n) is 5.53. The zero-order valence-corrected chi connectivity index (χ0v) is 17.9. The Hall–Kier alpha value is -3.21. The molecule has 0 aliphatic heterocycles. The van der Waals surface area contributed by atoms with E-state index in [1.165, 1.54) is 0 Å². The van der Waals surface area contributed by atoms with Crippen molar-refractivity contribution in [3.63, 3.8) is 0 Å². The van der Waals surface area contributed by atoms with Gasteiger partial charge in [0.05, 0.1) is 11.8 Å². The molecule has 0 saturated carbocycles. The van der Waals surface area contributed by atoms with Gasteiger partial charge in [-0.3, -0.25) is 0 Å². The highest BCUT2D eigenvalue weighted by Gasteiger charge is 2.33. The number of para-hydroxylation sites is 1. The lowest BCUT2D eigenvalue weighted by Crippen LogP contribution is -2.22. The number of aromatic nitrogens is 3. The van der Waals surface area contributed by atoms with E-state index < -0.39 is 0 Å². The van der Waals surface area contributed by atoms with E-state index in [1.807, 2.05) is 53.4 Å². The number of carbonyl (C=O) groups excluding carboxylic acids is 1. The van der Waals surface area contributed by atoms with Crippen LogP contribution in [0.5, 0.6) is 0 Å². The highest BCUT2D eigenvalue weighted by molar-refractivity contribution is 5.77. The topological polar surface area (TPSA) is 60.9 Å². The normalized spacial score (nSPS) is 14.0. The zero-order valence-electron chi connectivity index (χ0n) is 17.9. The molecule has 2 aromatic heterocycles. The summed E-state index contributed by atoms with van der Waals surface area (Å²) in [6, 6.07) is 19.8. The molecule has 2 aromatic carbocycles. The number of fused-ring (bicyclic) bond motifs is 1. The Labute approximate surface area is 176 Å². The van der Waals surface area contributed by atoms with Gasteiger partial charge in [-0.25, -0.2) is 4.68 Å². The van der Waals surface area contributed by atoms with Crippen molar-refractivity contribution in [1.29, 1.82) is 0 Å². The average Bonchev–Trinajstić information content (AvgIpc) is 3.36. The van der Waals surface area contributed by atoms with Crippen LogP contribution in [-0.4, -0.2) is 20.8 Å². The number of hydrogen-bond donors (Lipinski definition) is 0. The molecule has 0 fully saturated rings. The number of Topliss-reactive ketones (excluding diaryl/α,β-unsaturated/α-hetero) is 1. The molecule has 0 aliphatic rings. The number of benzene rings is 2. The summed E-state index contributed by atoms with van der Waals surface area (Å²) in [6.07, 6.45) is 2.20. The minimum atomic E-state index is -0.292. The monoisotopic (exact) mass is 401 g/mol. The van der Waals surface area contributed by atoms with Gasteiger partial charge in [0, 0.05) is 12.3 Å². The smallest absolute Gasteiger partial charge is 0.130 e. The van der Waals surface area contributed by atoms with Crippen LogP contribution in [0, 0.1) is 0 Å². The Kier molecular flexibility index (Phi) is 5.29. The van der Waals surface area contributed by atoms with E-state index in [9.17, 15) is 4.79 Å². The Morgan fingerprint density at radius 3 is 2.43 bits per heavy atom. The van der Waals surface area contributed by atoms with Gasteiger partial charge < -0.3 is 9.21 Å². The summed E-state index contributed by atoms with van der Waals surface area (Å²) < 4.78 is 8.01. The highest BCUT2D eigenvalue weighted by Crippen LogP contribution is 2.40. The Bertz CT molecular complexity index is 1150.